The molecule has 0 amide bonds. The molecule has 0 bridgehead atoms. The Morgan fingerprint density at radius 1 is 0.852 bits per heavy atom. The molecule has 3 aromatic carbocycles. The molecule has 0 aliphatic rings. The van der Waals surface area contributed by atoms with Crippen LogP contribution in [-0.4, -0.2) is 18.7 Å². The van der Waals surface area contributed by atoms with Gasteiger partial charge in [-0.3, -0.25) is 4.79 Å². The highest BCUT2D eigenvalue weighted by atomic mass is 32.2. The molecule has 1 heterocycles. The predicted molar refractivity (Wildman–Crippen MR) is 102 cm³/mol. The number of benzene rings is 3. The molecule has 0 radical (unpaired) electrons. The van der Waals surface area contributed by atoms with Crippen molar-refractivity contribution in [3.63, 3.8) is 0 Å². The standard InChI is InChI=1S/C21H14FNO3S/c22-18-9-10-20-17(12-18)13-21(16-6-4-5-15(11-16)14-24)23(20)27(25,26)19-7-2-1-3-8-19/h1-14H. The molecule has 0 spiro atoms. The van der Waals surface area contributed by atoms with Crippen molar-refractivity contribution in [2.45, 2.75) is 4.90 Å². The lowest BCUT2D eigenvalue weighted by molar-refractivity contribution is 0.112. The molecule has 0 N–H and O–H groups in total. The van der Waals surface area contributed by atoms with Gasteiger partial charge in [-0.2, -0.15) is 0 Å². The summed E-state index contributed by atoms with van der Waals surface area (Å²) >= 11 is 0. The number of hydrogen-bond acceptors (Lipinski definition) is 3. The van der Waals surface area contributed by atoms with Crippen molar-refractivity contribution in [3.8, 4) is 11.3 Å². The van der Waals surface area contributed by atoms with Crippen LogP contribution >= 0.6 is 0 Å². The van der Waals surface area contributed by atoms with Crippen molar-refractivity contribution >= 4 is 27.2 Å². The van der Waals surface area contributed by atoms with Gasteiger partial charge in [0.25, 0.3) is 10.0 Å². The molecule has 0 aliphatic carbocycles. The second kappa shape index (κ2) is 6.48. The third kappa shape index (κ3) is 2.94. The Morgan fingerprint density at radius 2 is 1.63 bits per heavy atom. The van der Waals surface area contributed by atoms with E-state index in [-0.39, 0.29) is 4.90 Å². The van der Waals surface area contributed by atoms with Crippen LogP contribution in [0.2, 0.25) is 0 Å². The first-order chi connectivity index (χ1) is 13.0. The van der Waals surface area contributed by atoms with Crippen LogP contribution < -0.4 is 0 Å². The normalized spacial score (nSPS) is 11.6. The lowest BCUT2D eigenvalue weighted by Crippen LogP contribution is -2.14. The number of rotatable bonds is 4. The summed E-state index contributed by atoms with van der Waals surface area (Å²) in [4.78, 5) is 11.3. The largest absolute Gasteiger partial charge is 0.298 e. The first-order valence-electron chi connectivity index (χ1n) is 8.18. The number of aromatic nitrogens is 1. The highest BCUT2D eigenvalue weighted by molar-refractivity contribution is 7.90. The van der Waals surface area contributed by atoms with Crippen molar-refractivity contribution in [2.24, 2.45) is 0 Å². The summed E-state index contributed by atoms with van der Waals surface area (Å²) in [6, 6.07) is 20.2. The topological polar surface area (TPSA) is 56.1 Å². The molecule has 0 fully saturated rings. The fraction of sp³-hybridized carbons (Fsp3) is 0. The van der Waals surface area contributed by atoms with Crippen molar-refractivity contribution in [2.75, 3.05) is 0 Å². The zero-order valence-corrected chi connectivity index (χ0v) is 14.9. The predicted octanol–water partition coefficient (Wildman–Crippen LogP) is 4.50. The number of aldehydes is 1. The first kappa shape index (κ1) is 17.2. The zero-order valence-electron chi connectivity index (χ0n) is 14.0. The van der Waals surface area contributed by atoms with E-state index in [9.17, 15) is 17.6 Å². The summed E-state index contributed by atoms with van der Waals surface area (Å²) in [7, 11) is -3.93. The van der Waals surface area contributed by atoms with Gasteiger partial charge in [-0.25, -0.2) is 16.8 Å². The minimum absolute atomic E-state index is 0.125. The highest BCUT2D eigenvalue weighted by Gasteiger charge is 2.24. The lowest BCUT2D eigenvalue weighted by Gasteiger charge is -2.12. The number of hydrogen-bond donors (Lipinski definition) is 0. The van der Waals surface area contributed by atoms with E-state index in [2.05, 4.69) is 0 Å². The molecule has 134 valence electrons. The molecule has 6 heteroatoms. The van der Waals surface area contributed by atoms with Gasteiger partial charge in [0.15, 0.2) is 0 Å². The SMILES string of the molecule is O=Cc1cccc(-c2cc3cc(F)ccc3n2S(=O)(=O)c2ccccc2)c1. The van der Waals surface area contributed by atoms with E-state index < -0.39 is 15.8 Å². The lowest BCUT2D eigenvalue weighted by atomic mass is 10.1. The summed E-state index contributed by atoms with van der Waals surface area (Å²) in [5, 5.41) is 0.459. The Bertz CT molecular complexity index is 1260. The third-order valence-corrected chi connectivity index (χ3v) is 6.06. The van der Waals surface area contributed by atoms with Crippen molar-refractivity contribution in [3.05, 3.63) is 90.2 Å². The van der Waals surface area contributed by atoms with E-state index in [4.69, 9.17) is 0 Å². The van der Waals surface area contributed by atoms with Crippen LogP contribution in [0, 0.1) is 5.82 Å². The number of carbonyl (C=O) groups excluding carboxylic acids is 1. The summed E-state index contributed by atoms with van der Waals surface area (Å²) in [5.74, 6) is -0.454. The second-order valence-electron chi connectivity index (χ2n) is 6.06. The van der Waals surface area contributed by atoms with Crippen LogP contribution in [-0.2, 0) is 10.0 Å². The number of carbonyl (C=O) groups is 1. The van der Waals surface area contributed by atoms with Gasteiger partial charge in [-0.15, -0.1) is 0 Å². The van der Waals surface area contributed by atoms with E-state index in [0.717, 1.165) is 0 Å². The summed E-state index contributed by atoms with van der Waals surface area (Å²) in [6.07, 6.45) is 0.696. The Morgan fingerprint density at radius 3 is 2.37 bits per heavy atom. The molecule has 0 unspecified atom stereocenters. The zero-order chi connectivity index (χ0) is 19.0. The maximum Gasteiger partial charge on any atom is 0.268 e. The molecule has 27 heavy (non-hydrogen) atoms. The van der Waals surface area contributed by atoms with Crippen LogP contribution in [0.5, 0.6) is 0 Å². The Hall–Kier alpha value is -3.25. The van der Waals surface area contributed by atoms with Gasteiger partial charge < -0.3 is 0 Å². The van der Waals surface area contributed by atoms with Gasteiger partial charge in [0.05, 0.1) is 16.1 Å². The van der Waals surface area contributed by atoms with E-state index in [1.807, 2.05) is 0 Å². The molecule has 0 aliphatic heterocycles. The van der Waals surface area contributed by atoms with Gasteiger partial charge in [-0.1, -0.05) is 36.4 Å². The maximum absolute atomic E-state index is 13.7. The van der Waals surface area contributed by atoms with Crippen molar-refractivity contribution in [1.82, 2.24) is 3.97 Å². The Balaban J connectivity index is 2.08. The number of fused-ring (bicyclic) bond motifs is 1. The van der Waals surface area contributed by atoms with Crippen LogP contribution in [0.25, 0.3) is 22.2 Å². The van der Waals surface area contributed by atoms with Gasteiger partial charge in [0, 0.05) is 10.9 Å². The van der Waals surface area contributed by atoms with E-state index in [1.165, 1.54) is 34.3 Å². The third-order valence-electron chi connectivity index (χ3n) is 4.32. The Kier molecular flexibility index (Phi) is 4.12. The molecule has 0 saturated carbocycles. The quantitative estimate of drug-likeness (QED) is 0.491. The van der Waals surface area contributed by atoms with Crippen LogP contribution in [0.3, 0.4) is 0 Å². The van der Waals surface area contributed by atoms with E-state index in [1.54, 1.807) is 48.5 Å². The van der Waals surface area contributed by atoms with E-state index in [0.29, 0.717) is 34.0 Å². The van der Waals surface area contributed by atoms with Crippen LogP contribution in [0.1, 0.15) is 10.4 Å². The molecular weight excluding hydrogens is 365 g/mol. The molecule has 4 rings (SSSR count). The molecular formula is C21H14FNO3S. The monoisotopic (exact) mass is 379 g/mol. The molecule has 0 saturated heterocycles. The van der Waals surface area contributed by atoms with Crippen LogP contribution in [0.4, 0.5) is 4.39 Å². The average Bonchev–Trinajstić information content (AvgIpc) is 3.08. The summed E-state index contributed by atoms with van der Waals surface area (Å²) < 4.78 is 41.6. The van der Waals surface area contributed by atoms with Gasteiger partial charge in [0.2, 0.25) is 0 Å². The molecule has 1 aromatic heterocycles. The minimum Gasteiger partial charge on any atom is -0.298 e. The molecule has 0 atom stereocenters. The number of halogens is 1. The maximum atomic E-state index is 13.7. The molecule has 4 nitrogen and oxygen atoms in total. The minimum atomic E-state index is -3.93. The smallest absolute Gasteiger partial charge is 0.268 e. The number of nitrogens with zero attached hydrogens (tertiary/aromatic N) is 1. The first-order valence-corrected chi connectivity index (χ1v) is 9.62. The fourth-order valence-electron chi connectivity index (χ4n) is 3.09. The van der Waals surface area contributed by atoms with Gasteiger partial charge in [-0.05, 0) is 48.0 Å². The van der Waals surface area contributed by atoms with Gasteiger partial charge in [0.1, 0.15) is 12.1 Å². The summed E-state index contributed by atoms with van der Waals surface area (Å²) in [6.45, 7) is 0. The van der Waals surface area contributed by atoms with E-state index >= 15 is 0 Å². The van der Waals surface area contributed by atoms with Crippen molar-refractivity contribution < 1.29 is 17.6 Å². The molecule has 4 aromatic rings. The average molecular weight is 379 g/mol. The summed E-state index contributed by atoms with van der Waals surface area (Å²) in [5.41, 5.74) is 1.71. The van der Waals surface area contributed by atoms with Crippen molar-refractivity contribution in [1.29, 1.82) is 0 Å². The second-order valence-corrected chi connectivity index (χ2v) is 7.85. The van der Waals surface area contributed by atoms with Gasteiger partial charge >= 0.3 is 0 Å². The fourth-order valence-corrected chi connectivity index (χ4v) is 4.64. The Labute approximate surface area is 155 Å². The highest BCUT2D eigenvalue weighted by Crippen LogP contribution is 2.32. The van der Waals surface area contributed by atoms with Crippen LogP contribution in [0.15, 0.2) is 83.8 Å².